The summed E-state index contributed by atoms with van der Waals surface area (Å²) in [4.78, 5) is 15.2. The van der Waals surface area contributed by atoms with Crippen molar-refractivity contribution in [2.45, 2.75) is 13.0 Å². The van der Waals surface area contributed by atoms with Gasteiger partial charge >= 0.3 is 0 Å². The third kappa shape index (κ3) is 3.80. The molecule has 0 aromatic carbocycles. The Morgan fingerprint density at radius 3 is 3.00 bits per heavy atom. The van der Waals surface area contributed by atoms with Gasteiger partial charge in [0.2, 0.25) is 0 Å². The van der Waals surface area contributed by atoms with E-state index in [9.17, 15) is 4.79 Å². The topological polar surface area (TPSA) is 77.2 Å². The van der Waals surface area contributed by atoms with Gasteiger partial charge in [-0.2, -0.15) is 0 Å². The van der Waals surface area contributed by atoms with Gasteiger partial charge in [0.15, 0.2) is 0 Å². The maximum Gasteiger partial charge on any atom is 0.266 e. The molecule has 0 aliphatic carbocycles. The average molecular weight is 221 g/mol. The number of amides is 1. The predicted molar refractivity (Wildman–Crippen MR) is 60.4 cm³/mol. The molecular formula is C11H15N3O2. The summed E-state index contributed by atoms with van der Waals surface area (Å²) >= 11 is 0. The van der Waals surface area contributed by atoms with E-state index in [0.717, 1.165) is 12.1 Å². The lowest BCUT2D eigenvalue weighted by Gasteiger charge is -2.03. The van der Waals surface area contributed by atoms with Gasteiger partial charge in [0.05, 0.1) is 24.5 Å². The normalized spacial score (nSPS) is 9.81. The molecule has 0 unspecified atom stereocenters. The lowest BCUT2D eigenvalue weighted by molar-refractivity contribution is 0.0952. The van der Waals surface area contributed by atoms with Gasteiger partial charge in [-0.3, -0.25) is 15.2 Å². The molecule has 1 amide bonds. The fraction of sp³-hybridized carbons (Fsp3) is 0.273. The number of nitrogens with two attached hydrogens (primary N) is 1. The van der Waals surface area contributed by atoms with Gasteiger partial charge in [-0.1, -0.05) is 6.08 Å². The Morgan fingerprint density at radius 1 is 1.62 bits per heavy atom. The first kappa shape index (κ1) is 12.4. The van der Waals surface area contributed by atoms with Gasteiger partial charge in [-0.15, -0.1) is 6.58 Å². The number of hydrazine groups is 1. The number of rotatable bonds is 6. The molecule has 0 radical (unpaired) electrons. The number of hydrogen-bond acceptors (Lipinski definition) is 4. The van der Waals surface area contributed by atoms with Crippen molar-refractivity contribution in [3.8, 4) is 0 Å². The van der Waals surface area contributed by atoms with E-state index >= 15 is 0 Å². The number of carbonyl (C=O) groups excluding carboxylic acids is 1. The fourth-order valence-electron chi connectivity index (χ4n) is 1.07. The molecule has 0 saturated carbocycles. The average Bonchev–Trinajstić information content (AvgIpc) is 2.34. The summed E-state index contributed by atoms with van der Waals surface area (Å²) in [7, 11) is 0. The number of aromatic nitrogens is 1. The lowest BCUT2D eigenvalue weighted by Crippen LogP contribution is -2.30. The highest BCUT2D eigenvalue weighted by atomic mass is 16.5. The molecule has 16 heavy (non-hydrogen) atoms. The zero-order valence-electron chi connectivity index (χ0n) is 8.98. The van der Waals surface area contributed by atoms with Crippen LogP contribution in [0.5, 0.6) is 0 Å². The third-order valence-electron chi connectivity index (χ3n) is 1.93. The smallest absolute Gasteiger partial charge is 0.266 e. The summed E-state index contributed by atoms with van der Waals surface area (Å²) < 4.78 is 5.33. The van der Waals surface area contributed by atoms with E-state index in [2.05, 4.69) is 11.6 Å². The molecule has 0 aliphatic rings. The highest BCUT2D eigenvalue weighted by Crippen LogP contribution is 2.02. The maximum atomic E-state index is 11.1. The molecule has 0 saturated heterocycles. The molecule has 86 valence electrons. The molecule has 5 heteroatoms. The summed E-state index contributed by atoms with van der Waals surface area (Å²) in [6, 6.07) is 3.39. The lowest BCUT2D eigenvalue weighted by atomic mass is 10.2. The SMILES string of the molecule is C=CCCOCc1ccc(C(=O)NN)cn1. The van der Waals surface area contributed by atoms with Crippen LogP contribution in [0.15, 0.2) is 31.0 Å². The molecule has 0 fully saturated rings. The number of ether oxygens (including phenoxy) is 1. The molecule has 0 spiro atoms. The first-order valence-corrected chi connectivity index (χ1v) is 4.92. The maximum absolute atomic E-state index is 11.1. The van der Waals surface area contributed by atoms with Crippen LogP contribution in [0.1, 0.15) is 22.5 Å². The second-order valence-corrected chi connectivity index (χ2v) is 3.14. The standard InChI is InChI=1S/C11H15N3O2/c1-2-3-6-16-8-10-5-4-9(7-13-10)11(15)14-12/h2,4-5,7H,1,3,6,8,12H2,(H,14,15). The zero-order chi connectivity index (χ0) is 11.8. The Hall–Kier alpha value is -1.72. The van der Waals surface area contributed by atoms with Crippen LogP contribution in [-0.4, -0.2) is 17.5 Å². The second-order valence-electron chi connectivity index (χ2n) is 3.14. The number of nitrogens with zero attached hydrogens (tertiary/aromatic N) is 1. The van der Waals surface area contributed by atoms with Crippen molar-refractivity contribution in [3.63, 3.8) is 0 Å². The summed E-state index contributed by atoms with van der Waals surface area (Å²) in [6.45, 7) is 4.64. The van der Waals surface area contributed by atoms with Crippen molar-refractivity contribution >= 4 is 5.91 Å². The minimum atomic E-state index is -0.355. The Labute approximate surface area is 94.3 Å². The second kappa shape index (κ2) is 6.71. The fourth-order valence-corrected chi connectivity index (χ4v) is 1.07. The van der Waals surface area contributed by atoms with E-state index < -0.39 is 0 Å². The van der Waals surface area contributed by atoms with E-state index in [4.69, 9.17) is 10.6 Å². The van der Waals surface area contributed by atoms with Gasteiger partial charge in [-0.05, 0) is 18.6 Å². The molecule has 1 aromatic heterocycles. The summed E-state index contributed by atoms with van der Waals surface area (Å²) in [5, 5.41) is 0. The first-order valence-electron chi connectivity index (χ1n) is 4.92. The first-order chi connectivity index (χ1) is 7.77. The highest BCUT2D eigenvalue weighted by Gasteiger charge is 2.03. The van der Waals surface area contributed by atoms with Gasteiger partial charge in [0.1, 0.15) is 0 Å². The monoisotopic (exact) mass is 221 g/mol. The molecule has 5 nitrogen and oxygen atoms in total. The van der Waals surface area contributed by atoms with Crippen LogP contribution in [0.4, 0.5) is 0 Å². The molecule has 1 rings (SSSR count). The number of carbonyl (C=O) groups is 1. The molecule has 0 aliphatic heterocycles. The molecule has 1 heterocycles. The summed E-state index contributed by atoms with van der Waals surface area (Å²) in [5.41, 5.74) is 3.24. The van der Waals surface area contributed by atoms with Crippen molar-refractivity contribution in [1.82, 2.24) is 10.4 Å². The number of nitrogen functional groups attached to an aromatic ring is 1. The molecular weight excluding hydrogens is 206 g/mol. The number of hydrogen-bond donors (Lipinski definition) is 2. The van der Waals surface area contributed by atoms with Crippen molar-refractivity contribution in [2.75, 3.05) is 6.61 Å². The van der Waals surface area contributed by atoms with Crippen LogP contribution >= 0.6 is 0 Å². The Balaban J connectivity index is 2.45. The third-order valence-corrected chi connectivity index (χ3v) is 1.93. The van der Waals surface area contributed by atoms with Crippen LogP contribution in [-0.2, 0) is 11.3 Å². The van der Waals surface area contributed by atoms with E-state index in [1.807, 2.05) is 5.43 Å². The van der Waals surface area contributed by atoms with Gasteiger partial charge < -0.3 is 4.74 Å². The summed E-state index contributed by atoms with van der Waals surface area (Å²) in [6.07, 6.45) is 4.07. The summed E-state index contributed by atoms with van der Waals surface area (Å²) in [5.74, 6) is 4.64. The van der Waals surface area contributed by atoms with Crippen molar-refractivity contribution in [3.05, 3.63) is 42.2 Å². The van der Waals surface area contributed by atoms with Gasteiger partial charge in [0, 0.05) is 6.20 Å². The zero-order valence-corrected chi connectivity index (χ0v) is 8.98. The molecule has 1 aromatic rings. The van der Waals surface area contributed by atoms with E-state index in [0.29, 0.717) is 18.8 Å². The quantitative estimate of drug-likeness (QED) is 0.245. The number of nitrogens with one attached hydrogen (secondary N) is 1. The predicted octanol–water partition coefficient (Wildman–Crippen LogP) is 0.778. The van der Waals surface area contributed by atoms with Crippen molar-refractivity contribution < 1.29 is 9.53 Å². The van der Waals surface area contributed by atoms with E-state index in [1.54, 1.807) is 18.2 Å². The molecule has 3 N–H and O–H groups in total. The highest BCUT2D eigenvalue weighted by molar-refractivity contribution is 5.93. The molecule has 0 atom stereocenters. The Bertz CT molecular complexity index is 349. The van der Waals surface area contributed by atoms with Crippen LogP contribution in [0.2, 0.25) is 0 Å². The minimum absolute atomic E-state index is 0.355. The number of pyridine rings is 1. The van der Waals surface area contributed by atoms with E-state index in [-0.39, 0.29) is 5.91 Å². The Morgan fingerprint density at radius 2 is 2.44 bits per heavy atom. The van der Waals surface area contributed by atoms with Crippen LogP contribution in [0, 0.1) is 0 Å². The van der Waals surface area contributed by atoms with Gasteiger partial charge in [0.25, 0.3) is 5.91 Å². The van der Waals surface area contributed by atoms with Gasteiger partial charge in [-0.25, -0.2) is 5.84 Å². The van der Waals surface area contributed by atoms with Crippen molar-refractivity contribution in [1.29, 1.82) is 0 Å². The van der Waals surface area contributed by atoms with E-state index in [1.165, 1.54) is 6.20 Å². The molecule has 0 bridgehead atoms. The van der Waals surface area contributed by atoms with Crippen molar-refractivity contribution in [2.24, 2.45) is 5.84 Å². The van der Waals surface area contributed by atoms with Crippen LogP contribution in [0.25, 0.3) is 0 Å². The minimum Gasteiger partial charge on any atom is -0.375 e. The Kier molecular flexibility index (Phi) is 5.18. The van der Waals surface area contributed by atoms with Crippen LogP contribution in [0.3, 0.4) is 0 Å². The largest absolute Gasteiger partial charge is 0.375 e. The van der Waals surface area contributed by atoms with Crippen LogP contribution < -0.4 is 11.3 Å².